The van der Waals surface area contributed by atoms with Gasteiger partial charge >= 0.3 is 0 Å². The minimum atomic E-state index is -0.0257. The number of hydrogen-bond acceptors (Lipinski definition) is 3. The Bertz CT molecular complexity index is 507. The van der Waals surface area contributed by atoms with Gasteiger partial charge in [0, 0.05) is 17.6 Å². The zero-order valence-corrected chi connectivity index (χ0v) is 13.4. The monoisotopic (exact) mass is 310 g/mol. The summed E-state index contributed by atoms with van der Waals surface area (Å²) >= 11 is 6.04. The van der Waals surface area contributed by atoms with Crippen LogP contribution in [-0.4, -0.2) is 37.0 Å². The van der Waals surface area contributed by atoms with Crippen LogP contribution in [0.3, 0.4) is 0 Å². The molecule has 2 N–H and O–H groups in total. The van der Waals surface area contributed by atoms with Crippen molar-refractivity contribution in [2.75, 3.05) is 20.2 Å². The van der Waals surface area contributed by atoms with Gasteiger partial charge in [0.15, 0.2) is 0 Å². The summed E-state index contributed by atoms with van der Waals surface area (Å²) in [7, 11) is 1.56. The lowest BCUT2D eigenvalue weighted by molar-refractivity contribution is 0.0648. The Kier molecular flexibility index (Phi) is 5.48. The zero-order chi connectivity index (χ0) is 15.4. The molecule has 1 aliphatic rings. The van der Waals surface area contributed by atoms with Crippen molar-refractivity contribution in [3.63, 3.8) is 0 Å². The number of nitrogens with zero attached hydrogens (tertiary/aromatic N) is 1. The van der Waals surface area contributed by atoms with E-state index in [2.05, 4.69) is 0 Å². The van der Waals surface area contributed by atoms with Gasteiger partial charge in [-0.25, -0.2) is 0 Å². The average Bonchev–Trinajstić information content (AvgIpc) is 2.96. The molecule has 0 spiro atoms. The first-order chi connectivity index (χ1) is 10.1. The van der Waals surface area contributed by atoms with Crippen molar-refractivity contribution in [2.45, 2.75) is 32.2 Å². The van der Waals surface area contributed by atoms with Crippen LogP contribution in [0, 0.1) is 5.92 Å². The molecule has 1 fully saturated rings. The predicted octanol–water partition coefficient (Wildman–Crippen LogP) is 2.94. The molecule has 2 atom stereocenters. The van der Waals surface area contributed by atoms with Crippen LogP contribution in [0.15, 0.2) is 18.2 Å². The molecule has 0 aromatic heterocycles. The number of amides is 1. The molecule has 21 heavy (non-hydrogen) atoms. The van der Waals surface area contributed by atoms with Crippen molar-refractivity contribution in [2.24, 2.45) is 11.7 Å². The van der Waals surface area contributed by atoms with E-state index in [9.17, 15) is 4.79 Å². The number of hydrogen-bond donors (Lipinski definition) is 1. The molecule has 1 aromatic carbocycles. The van der Waals surface area contributed by atoms with Crippen LogP contribution in [0.2, 0.25) is 5.02 Å². The van der Waals surface area contributed by atoms with Crippen molar-refractivity contribution in [1.29, 1.82) is 0 Å². The van der Waals surface area contributed by atoms with Gasteiger partial charge in [-0.3, -0.25) is 4.79 Å². The topological polar surface area (TPSA) is 55.6 Å². The van der Waals surface area contributed by atoms with Gasteiger partial charge in [-0.2, -0.15) is 0 Å². The standard InChI is InChI=1S/C16H23ClN2O2/c1-3-19(14-6-4-5-11(14)10-18)16(20)13-9-12(17)7-8-15(13)21-2/h7-9,11,14H,3-6,10,18H2,1-2H3. The Morgan fingerprint density at radius 3 is 2.86 bits per heavy atom. The van der Waals surface area contributed by atoms with Gasteiger partial charge in [0.05, 0.1) is 12.7 Å². The summed E-state index contributed by atoms with van der Waals surface area (Å²) in [6, 6.07) is 5.36. The van der Waals surface area contributed by atoms with E-state index in [1.54, 1.807) is 25.3 Å². The summed E-state index contributed by atoms with van der Waals surface area (Å²) in [5.74, 6) is 0.923. The lowest BCUT2D eigenvalue weighted by Crippen LogP contribution is -2.44. The maximum Gasteiger partial charge on any atom is 0.257 e. The molecular formula is C16H23ClN2O2. The maximum absolute atomic E-state index is 12.9. The summed E-state index contributed by atoms with van der Waals surface area (Å²) in [6.07, 6.45) is 3.24. The van der Waals surface area contributed by atoms with E-state index in [1.807, 2.05) is 11.8 Å². The van der Waals surface area contributed by atoms with E-state index >= 15 is 0 Å². The Morgan fingerprint density at radius 1 is 1.48 bits per heavy atom. The number of nitrogens with two attached hydrogens (primary N) is 1. The normalized spacial score (nSPS) is 21.3. The third-order valence-corrected chi connectivity index (χ3v) is 4.55. The Balaban J connectivity index is 2.30. The first kappa shape index (κ1) is 16.1. The zero-order valence-electron chi connectivity index (χ0n) is 12.6. The number of halogens is 1. The molecule has 1 amide bonds. The summed E-state index contributed by atoms with van der Waals surface area (Å²) < 4.78 is 5.30. The number of ether oxygens (including phenoxy) is 1. The smallest absolute Gasteiger partial charge is 0.257 e. The van der Waals surface area contributed by atoms with Gasteiger partial charge in [0.2, 0.25) is 0 Å². The molecule has 116 valence electrons. The van der Waals surface area contributed by atoms with E-state index in [1.165, 1.54) is 0 Å². The first-order valence-electron chi connectivity index (χ1n) is 7.46. The lowest BCUT2D eigenvalue weighted by Gasteiger charge is -2.32. The second-order valence-electron chi connectivity index (χ2n) is 5.43. The molecule has 1 aliphatic carbocycles. The highest BCUT2D eigenvalue weighted by Gasteiger charge is 2.34. The molecule has 5 heteroatoms. The summed E-state index contributed by atoms with van der Waals surface area (Å²) in [5.41, 5.74) is 6.37. The Morgan fingerprint density at radius 2 is 2.24 bits per heavy atom. The second kappa shape index (κ2) is 7.14. The number of methoxy groups -OCH3 is 1. The number of rotatable bonds is 5. The van der Waals surface area contributed by atoms with Crippen LogP contribution in [-0.2, 0) is 0 Å². The van der Waals surface area contributed by atoms with Crippen LogP contribution in [0.5, 0.6) is 5.75 Å². The molecule has 0 saturated heterocycles. The van der Waals surface area contributed by atoms with E-state index in [0.29, 0.717) is 35.3 Å². The largest absolute Gasteiger partial charge is 0.496 e. The van der Waals surface area contributed by atoms with Crippen LogP contribution in [0.1, 0.15) is 36.5 Å². The number of carbonyl (C=O) groups is 1. The van der Waals surface area contributed by atoms with Gasteiger partial charge < -0.3 is 15.4 Å². The first-order valence-corrected chi connectivity index (χ1v) is 7.84. The molecule has 1 aromatic rings. The van der Waals surface area contributed by atoms with Gasteiger partial charge in [-0.05, 0) is 50.4 Å². The van der Waals surface area contributed by atoms with Crippen molar-refractivity contribution in [1.82, 2.24) is 4.90 Å². The van der Waals surface area contributed by atoms with Crippen LogP contribution in [0.4, 0.5) is 0 Å². The van der Waals surface area contributed by atoms with Crippen LogP contribution >= 0.6 is 11.6 Å². The average molecular weight is 311 g/mol. The molecule has 0 heterocycles. The molecule has 2 rings (SSSR count). The number of carbonyl (C=O) groups excluding carboxylic acids is 1. The highest BCUT2D eigenvalue weighted by molar-refractivity contribution is 6.31. The molecule has 2 unspecified atom stereocenters. The van der Waals surface area contributed by atoms with Gasteiger partial charge in [0.1, 0.15) is 5.75 Å². The fraction of sp³-hybridized carbons (Fsp3) is 0.562. The van der Waals surface area contributed by atoms with Crippen molar-refractivity contribution in [3.05, 3.63) is 28.8 Å². The maximum atomic E-state index is 12.9. The Hall–Kier alpha value is -1.26. The van der Waals surface area contributed by atoms with Gasteiger partial charge in [-0.1, -0.05) is 18.0 Å². The summed E-state index contributed by atoms with van der Waals surface area (Å²) in [4.78, 5) is 14.8. The van der Waals surface area contributed by atoms with Crippen molar-refractivity contribution >= 4 is 17.5 Å². The fourth-order valence-corrected chi connectivity index (χ4v) is 3.41. The highest BCUT2D eigenvalue weighted by atomic mass is 35.5. The van der Waals surface area contributed by atoms with Crippen LogP contribution < -0.4 is 10.5 Å². The van der Waals surface area contributed by atoms with E-state index in [4.69, 9.17) is 22.1 Å². The molecule has 0 radical (unpaired) electrons. The predicted molar refractivity (Wildman–Crippen MR) is 84.9 cm³/mol. The van der Waals surface area contributed by atoms with E-state index < -0.39 is 0 Å². The van der Waals surface area contributed by atoms with Gasteiger partial charge in [-0.15, -0.1) is 0 Å². The van der Waals surface area contributed by atoms with E-state index in [0.717, 1.165) is 19.3 Å². The fourth-order valence-electron chi connectivity index (χ4n) is 3.23. The minimum Gasteiger partial charge on any atom is -0.496 e. The number of benzene rings is 1. The molecule has 1 saturated carbocycles. The Labute approximate surface area is 131 Å². The molecular weight excluding hydrogens is 288 g/mol. The summed E-state index contributed by atoms with van der Waals surface area (Å²) in [6.45, 7) is 3.29. The SMILES string of the molecule is CCN(C(=O)c1cc(Cl)ccc1OC)C1CCCC1CN. The molecule has 0 aliphatic heterocycles. The van der Waals surface area contributed by atoms with E-state index in [-0.39, 0.29) is 11.9 Å². The lowest BCUT2D eigenvalue weighted by atomic mass is 10.0. The molecule has 0 bridgehead atoms. The second-order valence-corrected chi connectivity index (χ2v) is 5.87. The third-order valence-electron chi connectivity index (χ3n) is 4.32. The van der Waals surface area contributed by atoms with Crippen molar-refractivity contribution < 1.29 is 9.53 Å². The summed E-state index contributed by atoms with van der Waals surface area (Å²) in [5, 5.41) is 0.539. The highest BCUT2D eigenvalue weighted by Crippen LogP contribution is 2.32. The van der Waals surface area contributed by atoms with Crippen molar-refractivity contribution in [3.8, 4) is 5.75 Å². The third kappa shape index (κ3) is 3.33. The van der Waals surface area contributed by atoms with Crippen LogP contribution in [0.25, 0.3) is 0 Å². The minimum absolute atomic E-state index is 0.0257. The van der Waals surface area contributed by atoms with Gasteiger partial charge in [0.25, 0.3) is 5.91 Å². The molecule has 4 nitrogen and oxygen atoms in total. The quantitative estimate of drug-likeness (QED) is 0.909.